The zero-order chi connectivity index (χ0) is 31.2. The average molecular weight is 481 g/mol. The molecular formula is C20H27F2N5O4S. The second-order valence-electron chi connectivity index (χ2n) is 7.86. The minimum absolute atomic E-state index is 0.109. The topological polar surface area (TPSA) is 117 Å². The van der Waals surface area contributed by atoms with Crippen molar-refractivity contribution in [3.05, 3.63) is 28.2 Å². The molecule has 2 aromatic heterocycles. The van der Waals surface area contributed by atoms with Crippen molar-refractivity contribution in [1.29, 1.82) is 0 Å². The van der Waals surface area contributed by atoms with E-state index in [2.05, 4.69) is 15.3 Å². The number of sulfonamides is 1. The molecule has 3 heterocycles. The smallest absolute Gasteiger partial charge is 0.269 e. The lowest BCUT2D eigenvalue weighted by atomic mass is 9.99. The van der Waals surface area contributed by atoms with Crippen LogP contribution in [0.25, 0.3) is 11.0 Å². The van der Waals surface area contributed by atoms with E-state index >= 15 is 0 Å². The van der Waals surface area contributed by atoms with Crippen LogP contribution in [0.2, 0.25) is 0 Å². The number of aliphatic hydroxyl groups is 1. The molecule has 2 unspecified atom stereocenters. The highest BCUT2D eigenvalue weighted by atomic mass is 32.2. The van der Waals surface area contributed by atoms with Gasteiger partial charge in [-0.25, -0.2) is 26.5 Å². The summed E-state index contributed by atoms with van der Waals surface area (Å²) in [5.74, 6) is -0.636. The van der Waals surface area contributed by atoms with Gasteiger partial charge in [0.15, 0.2) is 0 Å². The van der Waals surface area contributed by atoms with E-state index in [4.69, 9.17) is 12.3 Å². The van der Waals surface area contributed by atoms with E-state index in [1.807, 2.05) is 0 Å². The Kier molecular flexibility index (Phi) is 3.68. The highest BCUT2D eigenvalue weighted by Gasteiger charge is 2.40. The van der Waals surface area contributed by atoms with Gasteiger partial charge in [-0.15, -0.1) is 0 Å². The summed E-state index contributed by atoms with van der Waals surface area (Å²) in [6, 6.07) is -3.38. The Morgan fingerprint density at radius 3 is 2.78 bits per heavy atom. The van der Waals surface area contributed by atoms with Gasteiger partial charge in [-0.05, 0) is 45.0 Å². The van der Waals surface area contributed by atoms with Crippen LogP contribution >= 0.6 is 0 Å². The molecule has 4 rings (SSSR count). The monoisotopic (exact) mass is 480 g/mol. The molecule has 1 aliphatic carbocycles. The molecule has 0 aromatic carbocycles. The van der Waals surface area contributed by atoms with Gasteiger partial charge in [0.1, 0.15) is 7.02 Å². The van der Waals surface area contributed by atoms with Crippen molar-refractivity contribution in [2.45, 2.75) is 63.0 Å². The zero-order valence-electron chi connectivity index (χ0n) is 25.9. The van der Waals surface area contributed by atoms with Crippen molar-refractivity contribution in [3.8, 4) is 0 Å². The van der Waals surface area contributed by atoms with Gasteiger partial charge in [-0.1, -0.05) is 0 Å². The van der Waals surface area contributed by atoms with Crippen LogP contribution in [-0.4, -0.2) is 63.3 Å². The summed E-state index contributed by atoms with van der Waals surface area (Å²) in [5.41, 5.74) is -4.37. The van der Waals surface area contributed by atoms with Crippen molar-refractivity contribution < 1.29 is 34.6 Å². The molecule has 176 valence electrons. The third-order valence-electron chi connectivity index (χ3n) is 5.61. The van der Waals surface area contributed by atoms with Crippen molar-refractivity contribution in [1.82, 2.24) is 18.8 Å². The molecule has 2 aliphatic rings. The van der Waals surface area contributed by atoms with Gasteiger partial charge in [0.25, 0.3) is 12.0 Å². The van der Waals surface area contributed by atoms with Gasteiger partial charge in [-0.3, -0.25) is 9.36 Å². The van der Waals surface area contributed by atoms with E-state index in [0.29, 0.717) is 12.5 Å². The van der Waals surface area contributed by atoms with E-state index in [9.17, 15) is 27.1 Å². The molecule has 1 saturated heterocycles. The summed E-state index contributed by atoms with van der Waals surface area (Å²) in [4.78, 5) is 21.1. The number of anilines is 1. The summed E-state index contributed by atoms with van der Waals surface area (Å²) in [6.45, 7) is -1.03. The zero-order valence-corrected chi connectivity index (χ0v) is 17.7. The van der Waals surface area contributed by atoms with Gasteiger partial charge >= 0.3 is 0 Å². The van der Waals surface area contributed by atoms with Crippen LogP contribution < -0.4 is 10.9 Å². The van der Waals surface area contributed by atoms with Gasteiger partial charge in [0.05, 0.1) is 24.8 Å². The number of nitrogens with one attached hydrogen (secondary N) is 1. The summed E-state index contributed by atoms with van der Waals surface area (Å²) in [6.07, 6.45) is -12.3. The Hall–Kier alpha value is -2.18. The molecule has 0 spiro atoms. The molecule has 1 aliphatic heterocycles. The molecule has 0 bridgehead atoms. The number of hydrogen-bond acceptors (Lipinski definition) is 7. The van der Waals surface area contributed by atoms with Crippen molar-refractivity contribution >= 4 is 27.0 Å². The number of alkyl halides is 2. The maximum Gasteiger partial charge on any atom is 0.269 e. The molecule has 2 aromatic rings. The third-order valence-corrected chi connectivity index (χ3v) is 6.55. The normalized spacial score (nSPS) is 34.6. The highest BCUT2D eigenvalue weighted by molar-refractivity contribution is 7.88. The van der Waals surface area contributed by atoms with Crippen molar-refractivity contribution in [3.63, 3.8) is 0 Å². The highest BCUT2D eigenvalue weighted by Crippen LogP contribution is 2.39. The van der Waals surface area contributed by atoms with Gasteiger partial charge in [-0.2, -0.15) is 4.98 Å². The Morgan fingerprint density at radius 1 is 1.47 bits per heavy atom. The summed E-state index contributed by atoms with van der Waals surface area (Å²) in [5, 5.41) is 12.9. The fourth-order valence-electron chi connectivity index (χ4n) is 3.97. The quantitative estimate of drug-likeness (QED) is 0.672. The van der Waals surface area contributed by atoms with E-state index in [0.717, 1.165) is 10.8 Å². The second-order valence-corrected chi connectivity index (χ2v) is 9.32. The third kappa shape index (κ3) is 4.35. The van der Waals surface area contributed by atoms with E-state index < -0.39 is 83.2 Å². The molecule has 32 heavy (non-hydrogen) atoms. The lowest BCUT2D eigenvalue weighted by Gasteiger charge is -2.31. The van der Waals surface area contributed by atoms with Crippen molar-refractivity contribution in [2.75, 3.05) is 24.6 Å². The number of aromatic nitrogens is 3. The number of pyridine rings is 1. The summed E-state index contributed by atoms with van der Waals surface area (Å²) in [7, 11) is -5.17. The molecule has 1 saturated carbocycles. The van der Waals surface area contributed by atoms with Crippen LogP contribution in [0, 0.1) is 0 Å². The fourth-order valence-corrected chi connectivity index (χ4v) is 4.44. The van der Waals surface area contributed by atoms with Gasteiger partial charge < -0.3 is 10.4 Å². The number of halogens is 2. The number of hydrogen-bond donors (Lipinski definition) is 2. The lowest BCUT2D eigenvalue weighted by Crippen LogP contribution is -2.42. The van der Waals surface area contributed by atoms with E-state index in [1.165, 1.54) is 6.92 Å². The maximum atomic E-state index is 14.0. The number of piperidine rings is 1. The number of nitrogens with zero attached hydrogens (tertiary/aromatic N) is 4. The van der Waals surface area contributed by atoms with E-state index in [1.54, 1.807) is 0 Å². The number of fused-ring (bicyclic) bond motifs is 1. The maximum absolute atomic E-state index is 14.0. The first-order valence-corrected chi connectivity index (χ1v) is 11.1. The molecule has 2 N–H and O–H groups in total. The first-order valence-electron chi connectivity index (χ1n) is 14.2. The summed E-state index contributed by atoms with van der Waals surface area (Å²) >= 11 is 0. The molecular weight excluding hydrogens is 444 g/mol. The standard InChI is InChI=1S/C20H27F2N5O4S/c1-20(29)7-3-4-15(20)27-17-12(10-14(16(21)22)18(27)28)11-23-19(25-17)24-13-5-8-26(9-6-13)32(2,30)31/h10-11,13,15-16,29H,3-9H2,1-2H3,(H,23,24,25)/i2D3,5D2,6D2,13D,16D. The Labute approximate surface area is 197 Å². The van der Waals surface area contributed by atoms with Crippen LogP contribution in [0.4, 0.5) is 14.7 Å². The predicted octanol–water partition coefficient (Wildman–Crippen LogP) is 2.04. The molecule has 2 atom stereocenters. The largest absolute Gasteiger partial charge is 0.388 e. The van der Waals surface area contributed by atoms with Crippen LogP contribution in [-0.2, 0) is 10.0 Å². The first-order chi connectivity index (χ1) is 18.4. The molecule has 2 fully saturated rings. The van der Waals surface area contributed by atoms with E-state index in [-0.39, 0.29) is 28.2 Å². The predicted molar refractivity (Wildman–Crippen MR) is 115 cm³/mol. The average Bonchev–Trinajstić information content (AvgIpc) is 3.13. The minimum atomic E-state index is -5.17. The number of rotatable bonds is 5. The Balaban J connectivity index is 1.85. The lowest BCUT2D eigenvalue weighted by molar-refractivity contribution is 0.0261. The van der Waals surface area contributed by atoms with Gasteiger partial charge in [0, 0.05) is 40.3 Å². The first kappa shape index (κ1) is 14.2. The molecule has 12 heteroatoms. The molecule has 9 nitrogen and oxygen atoms in total. The molecule has 0 amide bonds. The second kappa shape index (κ2) is 8.31. The van der Waals surface area contributed by atoms with Crippen LogP contribution in [0.15, 0.2) is 17.1 Å². The Morgan fingerprint density at radius 2 is 2.19 bits per heavy atom. The van der Waals surface area contributed by atoms with Crippen LogP contribution in [0.5, 0.6) is 0 Å². The minimum Gasteiger partial charge on any atom is -0.388 e. The van der Waals surface area contributed by atoms with Crippen molar-refractivity contribution in [2.24, 2.45) is 0 Å². The van der Waals surface area contributed by atoms with Crippen LogP contribution in [0.3, 0.4) is 0 Å². The summed E-state index contributed by atoms with van der Waals surface area (Å²) < 4.78 is 125. The Bertz CT molecular complexity index is 1530. The fraction of sp³-hybridized carbons (Fsp3) is 0.650. The van der Waals surface area contributed by atoms with Crippen LogP contribution in [0.1, 0.15) is 69.3 Å². The van der Waals surface area contributed by atoms with Gasteiger partial charge in [0.2, 0.25) is 16.0 Å². The SMILES string of the molecule is [2H]C(F)(F)c1cc2cnc(NC3([2H])C([2H])([2H])CN(S(=O)(=O)C([2H])([2H])[2H])CC3([2H])[2H])nc2n(C2CCCC2(C)O)c1=O. The molecule has 0 radical (unpaired) electrons.